The molecule has 2 fully saturated rings. The van der Waals surface area contributed by atoms with Crippen LogP contribution in [0.4, 0.5) is 4.39 Å². The van der Waals surface area contributed by atoms with Crippen LogP contribution in [0.25, 0.3) is 0 Å². The minimum Gasteiger partial charge on any atom is -0.380 e. The van der Waals surface area contributed by atoms with Gasteiger partial charge in [0.1, 0.15) is 5.82 Å². The summed E-state index contributed by atoms with van der Waals surface area (Å²) in [6.07, 6.45) is 6.64. The highest BCUT2D eigenvalue weighted by molar-refractivity contribution is 5.80. The molecule has 0 aromatic heterocycles. The van der Waals surface area contributed by atoms with Crippen molar-refractivity contribution in [1.29, 1.82) is 0 Å². The van der Waals surface area contributed by atoms with Gasteiger partial charge in [0.25, 0.3) is 0 Å². The zero-order valence-corrected chi connectivity index (χ0v) is 16.6. The number of likely N-dealkylation sites (tertiary alicyclic amines) is 1. The second kappa shape index (κ2) is 10.0. The van der Waals surface area contributed by atoms with Crippen LogP contribution in [-0.4, -0.2) is 49.7 Å². The summed E-state index contributed by atoms with van der Waals surface area (Å²) >= 11 is 0. The number of guanidine groups is 1. The van der Waals surface area contributed by atoms with Crippen LogP contribution in [-0.2, 0) is 17.9 Å². The predicted molar refractivity (Wildman–Crippen MR) is 107 cm³/mol. The second-order valence-corrected chi connectivity index (χ2v) is 7.62. The van der Waals surface area contributed by atoms with Crippen LogP contribution < -0.4 is 10.6 Å². The average Bonchev–Trinajstić information content (AvgIpc) is 3.34. The van der Waals surface area contributed by atoms with E-state index >= 15 is 0 Å². The first kappa shape index (κ1) is 20.1. The van der Waals surface area contributed by atoms with Crippen LogP contribution in [0.15, 0.2) is 23.2 Å². The third-order valence-corrected chi connectivity index (χ3v) is 5.58. The van der Waals surface area contributed by atoms with Crippen LogP contribution in [0.1, 0.15) is 50.2 Å². The third-order valence-electron chi connectivity index (χ3n) is 5.58. The smallest absolute Gasteiger partial charge is 0.191 e. The van der Waals surface area contributed by atoms with E-state index in [-0.39, 0.29) is 12.4 Å². The molecule has 1 heterocycles. The molecule has 1 saturated heterocycles. The lowest BCUT2D eigenvalue weighted by Crippen LogP contribution is -2.45. The van der Waals surface area contributed by atoms with Gasteiger partial charge in [-0.1, -0.05) is 18.9 Å². The zero-order valence-electron chi connectivity index (χ0n) is 16.6. The van der Waals surface area contributed by atoms with Gasteiger partial charge in [-0.3, -0.25) is 4.90 Å². The number of hydrogen-bond acceptors (Lipinski definition) is 3. The lowest BCUT2D eigenvalue weighted by molar-refractivity contribution is 0.181. The fourth-order valence-electron chi connectivity index (χ4n) is 4.18. The Hall–Kier alpha value is -1.66. The van der Waals surface area contributed by atoms with Gasteiger partial charge in [-0.2, -0.15) is 0 Å². The summed E-state index contributed by atoms with van der Waals surface area (Å²) in [5.41, 5.74) is 1.56. The highest BCUT2D eigenvalue weighted by Crippen LogP contribution is 2.26. The van der Waals surface area contributed by atoms with Crippen molar-refractivity contribution in [2.45, 2.75) is 64.3 Å². The lowest BCUT2D eigenvalue weighted by Gasteiger charge is -2.24. The summed E-state index contributed by atoms with van der Waals surface area (Å²) in [6, 6.07) is 6.36. The van der Waals surface area contributed by atoms with Crippen LogP contribution in [0, 0.1) is 5.82 Å². The molecule has 6 heteroatoms. The molecule has 150 valence electrons. The Bertz CT molecular complexity index is 631. The number of aliphatic imine (C=N–C) groups is 1. The standard InChI is InChI=1S/C21H33FN4O/c1-3-23-21(24-13-16-8-9-20(22)17(12-16)15-27-2)25-18-10-11-26(14-18)19-6-4-5-7-19/h8-9,12,18-19H,3-7,10-11,13-15H2,1-2H3,(H2,23,24,25). The fourth-order valence-corrected chi connectivity index (χ4v) is 4.18. The van der Waals surface area contributed by atoms with Crippen molar-refractivity contribution in [3.63, 3.8) is 0 Å². The van der Waals surface area contributed by atoms with Crippen LogP contribution >= 0.6 is 0 Å². The van der Waals surface area contributed by atoms with Crippen LogP contribution in [0.5, 0.6) is 0 Å². The first-order valence-corrected chi connectivity index (χ1v) is 10.2. The first-order chi connectivity index (χ1) is 13.2. The Morgan fingerprint density at radius 1 is 1.30 bits per heavy atom. The zero-order chi connectivity index (χ0) is 19.1. The summed E-state index contributed by atoms with van der Waals surface area (Å²) in [5, 5.41) is 6.93. The summed E-state index contributed by atoms with van der Waals surface area (Å²) in [7, 11) is 1.58. The topological polar surface area (TPSA) is 48.9 Å². The molecular formula is C21H33FN4O. The highest BCUT2D eigenvalue weighted by Gasteiger charge is 2.30. The number of rotatable bonds is 7. The largest absolute Gasteiger partial charge is 0.380 e. The van der Waals surface area contributed by atoms with E-state index in [4.69, 9.17) is 9.73 Å². The van der Waals surface area contributed by atoms with Gasteiger partial charge in [0.2, 0.25) is 0 Å². The van der Waals surface area contributed by atoms with Crippen molar-refractivity contribution in [3.05, 3.63) is 35.1 Å². The number of nitrogens with one attached hydrogen (secondary N) is 2. The van der Waals surface area contributed by atoms with Gasteiger partial charge in [0.15, 0.2) is 5.96 Å². The van der Waals surface area contributed by atoms with E-state index in [1.54, 1.807) is 13.2 Å². The molecule has 0 amide bonds. The minimum atomic E-state index is -0.229. The maximum absolute atomic E-state index is 13.8. The van der Waals surface area contributed by atoms with Gasteiger partial charge >= 0.3 is 0 Å². The van der Waals surface area contributed by atoms with Crippen molar-refractivity contribution < 1.29 is 9.13 Å². The second-order valence-electron chi connectivity index (χ2n) is 7.62. The molecule has 1 aliphatic heterocycles. The molecule has 1 aromatic rings. The van der Waals surface area contributed by atoms with Crippen LogP contribution in [0.2, 0.25) is 0 Å². The lowest BCUT2D eigenvalue weighted by atomic mass is 10.1. The number of halogens is 1. The molecule has 1 unspecified atom stereocenters. The van der Waals surface area contributed by atoms with Crippen molar-refractivity contribution in [1.82, 2.24) is 15.5 Å². The van der Waals surface area contributed by atoms with Gasteiger partial charge in [-0.25, -0.2) is 9.38 Å². The Balaban J connectivity index is 1.57. The SMILES string of the molecule is CCNC(=NCc1ccc(F)c(COC)c1)NC1CCN(C2CCCC2)C1. The molecule has 2 aliphatic rings. The van der Waals surface area contributed by atoms with Crippen molar-refractivity contribution >= 4 is 5.96 Å². The first-order valence-electron chi connectivity index (χ1n) is 10.2. The Morgan fingerprint density at radius 2 is 2.11 bits per heavy atom. The number of nitrogens with zero attached hydrogens (tertiary/aromatic N) is 2. The maximum Gasteiger partial charge on any atom is 0.191 e. The molecule has 0 radical (unpaired) electrons. The summed E-state index contributed by atoms with van der Waals surface area (Å²) < 4.78 is 18.8. The molecule has 0 spiro atoms. The maximum atomic E-state index is 13.8. The number of hydrogen-bond donors (Lipinski definition) is 2. The molecule has 3 rings (SSSR count). The molecule has 0 bridgehead atoms. The number of benzene rings is 1. The van der Waals surface area contributed by atoms with Gasteiger partial charge in [-0.05, 0) is 43.9 Å². The monoisotopic (exact) mass is 376 g/mol. The van der Waals surface area contributed by atoms with Crippen LogP contribution in [0.3, 0.4) is 0 Å². The Kier molecular flexibility index (Phi) is 7.47. The molecule has 27 heavy (non-hydrogen) atoms. The Morgan fingerprint density at radius 3 is 2.85 bits per heavy atom. The van der Waals surface area contributed by atoms with Gasteiger partial charge in [-0.15, -0.1) is 0 Å². The van der Waals surface area contributed by atoms with E-state index in [2.05, 4.69) is 22.5 Å². The molecule has 2 N–H and O–H groups in total. The normalized spacial score (nSPS) is 21.7. The van der Waals surface area contributed by atoms with Gasteiger partial charge in [0.05, 0.1) is 13.2 Å². The van der Waals surface area contributed by atoms with E-state index in [9.17, 15) is 4.39 Å². The minimum absolute atomic E-state index is 0.229. The van der Waals surface area contributed by atoms with E-state index in [0.29, 0.717) is 18.2 Å². The van der Waals surface area contributed by atoms with E-state index in [1.807, 2.05) is 6.07 Å². The van der Waals surface area contributed by atoms with Crippen molar-refractivity contribution in [3.8, 4) is 0 Å². The van der Waals surface area contributed by atoms with Crippen molar-refractivity contribution in [2.24, 2.45) is 4.99 Å². The highest BCUT2D eigenvalue weighted by atomic mass is 19.1. The summed E-state index contributed by atoms with van der Waals surface area (Å²) in [6.45, 7) is 5.98. The van der Waals surface area contributed by atoms with E-state index in [0.717, 1.165) is 37.1 Å². The van der Waals surface area contributed by atoms with E-state index in [1.165, 1.54) is 38.3 Å². The summed E-state index contributed by atoms with van der Waals surface area (Å²) in [5.74, 6) is 0.612. The quantitative estimate of drug-likeness (QED) is 0.567. The number of methoxy groups -OCH3 is 1. The molecular weight excluding hydrogens is 343 g/mol. The fraction of sp³-hybridized carbons (Fsp3) is 0.667. The molecule has 1 atom stereocenters. The van der Waals surface area contributed by atoms with E-state index < -0.39 is 0 Å². The average molecular weight is 377 g/mol. The summed E-state index contributed by atoms with van der Waals surface area (Å²) in [4.78, 5) is 7.36. The molecule has 1 saturated carbocycles. The molecule has 5 nitrogen and oxygen atoms in total. The van der Waals surface area contributed by atoms with Gasteiger partial charge < -0.3 is 15.4 Å². The number of ether oxygens (including phenoxy) is 1. The van der Waals surface area contributed by atoms with Gasteiger partial charge in [0, 0.05) is 44.4 Å². The molecule has 1 aromatic carbocycles. The predicted octanol–water partition coefficient (Wildman–Crippen LogP) is 3.04. The molecule has 1 aliphatic carbocycles. The Labute approximate surface area is 162 Å². The van der Waals surface area contributed by atoms with Crippen molar-refractivity contribution in [2.75, 3.05) is 26.7 Å². The third kappa shape index (κ3) is 5.66.